The molecular weight excluding hydrogens is 185 g/mol. The maximum atomic E-state index is 12.7. The van der Waals surface area contributed by atoms with Gasteiger partial charge in [0, 0.05) is 18.7 Å². The third-order valence-electron chi connectivity index (χ3n) is 2.15. The number of aromatic nitrogens is 2. The maximum Gasteiger partial charge on any atom is 0.217 e. The Hall–Kier alpha value is -1.23. The molecule has 0 aliphatic carbocycles. The Morgan fingerprint density at radius 3 is 2.79 bits per heavy atom. The largest absolute Gasteiger partial charge is 0.396 e. The molecule has 0 amide bonds. The van der Waals surface area contributed by atoms with Crippen LogP contribution in [-0.2, 0) is 0 Å². The normalized spacial score (nSPS) is 14.9. The molecule has 14 heavy (non-hydrogen) atoms. The third-order valence-corrected chi connectivity index (χ3v) is 2.15. The van der Waals surface area contributed by atoms with Crippen molar-refractivity contribution < 1.29 is 9.50 Å². The maximum absolute atomic E-state index is 12.7. The fraction of sp³-hybridized carbons (Fsp3) is 0.556. The van der Waals surface area contributed by atoms with Gasteiger partial charge in [-0.3, -0.25) is 0 Å². The van der Waals surface area contributed by atoms with E-state index < -0.39 is 5.95 Å². The number of aliphatic hydroxyl groups excluding tert-OH is 1. The fourth-order valence-electron chi connectivity index (χ4n) is 0.946. The van der Waals surface area contributed by atoms with Crippen LogP contribution in [-0.4, -0.2) is 27.7 Å². The van der Waals surface area contributed by atoms with Crippen molar-refractivity contribution in [1.29, 1.82) is 0 Å². The molecule has 0 aromatic carbocycles. The Bertz CT molecular complexity index is 295. The first kappa shape index (κ1) is 10.8. The minimum absolute atomic E-state index is 0.0364. The SMILES string of the molecule is CC(CO)C(C)Nc1cc(F)ncn1. The summed E-state index contributed by atoms with van der Waals surface area (Å²) in [5.74, 6) is -0.0373. The molecule has 1 aromatic heterocycles. The van der Waals surface area contributed by atoms with Crippen LogP contribution in [0.3, 0.4) is 0 Å². The second-order valence-electron chi connectivity index (χ2n) is 3.32. The second kappa shape index (κ2) is 4.85. The Kier molecular flexibility index (Phi) is 3.76. The Morgan fingerprint density at radius 1 is 1.50 bits per heavy atom. The molecule has 0 aliphatic rings. The molecule has 0 spiro atoms. The van der Waals surface area contributed by atoms with Crippen LogP contribution >= 0.6 is 0 Å². The van der Waals surface area contributed by atoms with Crippen molar-refractivity contribution in [2.75, 3.05) is 11.9 Å². The summed E-state index contributed by atoms with van der Waals surface area (Å²) in [4.78, 5) is 7.20. The zero-order valence-electron chi connectivity index (χ0n) is 8.24. The molecule has 1 aromatic rings. The Labute approximate surface area is 82.2 Å². The first-order valence-corrected chi connectivity index (χ1v) is 4.48. The van der Waals surface area contributed by atoms with Gasteiger partial charge < -0.3 is 10.4 Å². The Balaban J connectivity index is 2.60. The molecule has 2 unspecified atom stereocenters. The lowest BCUT2D eigenvalue weighted by atomic mass is 10.1. The van der Waals surface area contributed by atoms with Gasteiger partial charge in [-0.05, 0) is 12.8 Å². The van der Waals surface area contributed by atoms with Crippen molar-refractivity contribution >= 4 is 5.82 Å². The summed E-state index contributed by atoms with van der Waals surface area (Å²) in [5, 5.41) is 11.9. The summed E-state index contributed by atoms with van der Waals surface area (Å²) in [7, 11) is 0. The summed E-state index contributed by atoms with van der Waals surface area (Å²) >= 11 is 0. The molecule has 0 saturated carbocycles. The van der Waals surface area contributed by atoms with E-state index in [1.54, 1.807) is 0 Å². The lowest BCUT2D eigenvalue weighted by Gasteiger charge is -2.19. The van der Waals surface area contributed by atoms with Gasteiger partial charge in [0.1, 0.15) is 12.1 Å². The summed E-state index contributed by atoms with van der Waals surface area (Å²) in [5.41, 5.74) is 0. The van der Waals surface area contributed by atoms with Gasteiger partial charge in [0.05, 0.1) is 0 Å². The fourth-order valence-corrected chi connectivity index (χ4v) is 0.946. The van der Waals surface area contributed by atoms with Gasteiger partial charge in [-0.2, -0.15) is 4.39 Å². The lowest BCUT2D eigenvalue weighted by molar-refractivity contribution is 0.226. The smallest absolute Gasteiger partial charge is 0.217 e. The van der Waals surface area contributed by atoms with Crippen LogP contribution < -0.4 is 5.32 Å². The van der Waals surface area contributed by atoms with Gasteiger partial charge in [-0.15, -0.1) is 0 Å². The van der Waals surface area contributed by atoms with E-state index in [4.69, 9.17) is 5.11 Å². The first-order valence-electron chi connectivity index (χ1n) is 4.48. The monoisotopic (exact) mass is 199 g/mol. The molecule has 1 rings (SSSR count). The van der Waals surface area contributed by atoms with Gasteiger partial charge in [0.2, 0.25) is 5.95 Å². The minimum Gasteiger partial charge on any atom is -0.396 e. The molecule has 0 aliphatic heterocycles. The van der Waals surface area contributed by atoms with Crippen LogP contribution in [0.1, 0.15) is 13.8 Å². The van der Waals surface area contributed by atoms with Crippen molar-refractivity contribution in [3.63, 3.8) is 0 Å². The van der Waals surface area contributed by atoms with Crippen LogP contribution in [0, 0.1) is 11.9 Å². The van der Waals surface area contributed by atoms with E-state index in [1.165, 1.54) is 6.07 Å². The number of hydrogen-bond donors (Lipinski definition) is 2. The lowest BCUT2D eigenvalue weighted by Crippen LogP contribution is -2.26. The van der Waals surface area contributed by atoms with Crippen molar-refractivity contribution in [3.05, 3.63) is 18.3 Å². The number of halogens is 1. The van der Waals surface area contributed by atoms with Gasteiger partial charge in [0.15, 0.2) is 0 Å². The second-order valence-corrected chi connectivity index (χ2v) is 3.32. The van der Waals surface area contributed by atoms with Gasteiger partial charge in [-0.1, -0.05) is 6.92 Å². The highest BCUT2D eigenvalue weighted by Gasteiger charge is 2.11. The first-order chi connectivity index (χ1) is 6.63. The molecule has 1 heterocycles. The van der Waals surface area contributed by atoms with E-state index >= 15 is 0 Å². The summed E-state index contributed by atoms with van der Waals surface area (Å²) in [6.07, 6.45) is 1.16. The number of nitrogens with zero attached hydrogens (tertiary/aromatic N) is 2. The van der Waals surface area contributed by atoms with Crippen LogP contribution in [0.25, 0.3) is 0 Å². The zero-order valence-corrected chi connectivity index (χ0v) is 8.24. The third kappa shape index (κ3) is 2.92. The molecule has 2 atom stereocenters. The van der Waals surface area contributed by atoms with E-state index in [1.807, 2.05) is 13.8 Å². The molecule has 0 bridgehead atoms. The molecule has 0 saturated heterocycles. The van der Waals surface area contributed by atoms with Crippen LogP contribution in [0.5, 0.6) is 0 Å². The molecule has 0 fully saturated rings. The van der Waals surface area contributed by atoms with Crippen LogP contribution in [0.15, 0.2) is 12.4 Å². The summed E-state index contributed by atoms with van der Waals surface area (Å²) in [6, 6.07) is 1.26. The van der Waals surface area contributed by atoms with Gasteiger partial charge in [-0.25, -0.2) is 9.97 Å². The zero-order chi connectivity index (χ0) is 10.6. The van der Waals surface area contributed by atoms with Crippen molar-refractivity contribution in [2.45, 2.75) is 19.9 Å². The quantitative estimate of drug-likeness (QED) is 0.711. The predicted molar refractivity (Wildman–Crippen MR) is 51.3 cm³/mol. The highest BCUT2D eigenvalue weighted by molar-refractivity contribution is 5.33. The van der Waals surface area contributed by atoms with E-state index in [9.17, 15) is 4.39 Å². The highest BCUT2D eigenvalue weighted by atomic mass is 19.1. The van der Waals surface area contributed by atoms with E-state index in [0.717, 1.165) is 6.33 Å². The molecule has 0 radical (unpaired) electrons. The van der Waals surface area contributed by atoms with Gasteiger partial charge >= 0.3 is 0 Å². The number of anilines is 1. The predicted octanol–water partition coefficient (Wildman–Crippen LogP) is 1.04. The average Bonchev–Trinajstić information content (AvgIpc) is 2.16. The van der Waals surface area contributed by atoms with E-state index in [0.29, 0.717) is 5.82 Å². The summed E-state index contributed by atoms with van der Waals surface area (Å²) < 4.78 is 12.7. The number of rotatable bonds is 4. The van der Waals surface area contributed by atoms with Gasteiger partial charge in [0.25, 0.3) is 0 Å². The minimum atomic E-state index is -0.564. The number of hydrogen-bond acceptors (Lipinski definition) is 4. The topological polar surface area (TPSA) is 58.0 Å². The average molecular weight is 199 g/mol. The highest BCUT2D eigenvalue weighted by Crippen LogP contribution is 2.09. The Morgan fingerprint density at radius 2 is 2.21 bits per heavy atom. The van der Waals surface area contributed by atoms with Crippen molar-refractivity contribution in [1.82, 2.24) is 9.97 Å². The van der Waals surface area contributed by atoms with Crippen LogP contribution in [0.2, 0.25) is 0 Å². The van der Waals surface area contributed by atoms with E-state index in [2.05, 4.69) is 15.3 Å². The molecular formula is C9H14FN3O. The molecule has 2 N–H and O–H groups in total. The number of nitrogens with one attached hydrogen (secondary N) is 1. The molecule has 78 valence electrons. The number of aliphatic hydroxyl groups is 1. The van der Waals surface area contributed by atoms with E-state index in [-0.39, 0.29) is 18.6 Å². The molecule has 4 nitrogen and oxygen atoms in total. The van der Waals surface area contributed by atoms with Crippen LogP contribution in [0.4, 0.5) is 10.2 Å². The molecule has 5 heteroatoms. The summed E-state index contributed by atoms with van der Waals surface area (Å²) in [6.45, 7) is 3.89. The van der Waals surface area contributed by atoms with Crippen molar-refractivity contribution in [2.24, 2.45) is 5.92 Å². The standard InChI is InChI=1S/C9H14FN3O/c1-6(4-14)7(2)13-9-3-8(10)11-5-12-9/h3,5-7,14H,4H2,1-2H3,(H,11,12,13). The van der Waals surface area contributed by atoms with Crippen molar-refractivity contribution in [3.8, 4) is 0 Å².